The largest absolute Gasteiger partial charge is 0.325 e. The molecule has 2 aliphatic rings. The average molecular weight is 443 g/mol. The van der Waals surface area contributed by atoms with E-state index in [0.29, 0.717) is 28.0 Å². The van der Waals surface area contributed by atoms with Gasteiger partial charge in [-0.25, -0.2) is 5.84 Å². The van der Waals surface area contributed by atoms with E-state index in [1.165, 1.54) is 0 Å². The molecule has 30 heavy (non-hydrogen) atoms. The molecular weight excluding hydrogens is 419 g/mol. The van der Waals surface area contributed by atoms with Crippen LogP contribution in [0.5, 0.6) is 0 Å². The predicted molar refractivity (Wildman–Crippen MR) is 123 cm³/mol. The third-order valence-electron chi connectivity index (χ3n) is 6.09. The number of aliphatic imine (C=N–C) groups is 1. The number of hydrazine groups is 1. The van der Waals surface area contributed by atoms with Crippen molar-refractivity contribution in [1.82, 2.24) is 5.43 Å². The van der Waals surface area contributed by atoms with E-state index in [0.717, 1.165) is 29.5 Å². The predicted octanol–water partition coefficient (Wildman–Crippen LogP) is 4.96. The Kier molecular flexibility index (Phi) is 5.62. The number of nitrogens with one attached hydrogen (secondary N) is 2. The van der Waals surface area contributed by atoms with Crippen molar-refractivity contribution in [2.24, 2.45) is 10.8 Å². The summed E-state index contributed by atoms with van der Waals surface area (Å²) in [4.78, 5) is 18.6. The van der Waals surface area contributed by atoms with Gasteiger partial charge in [0.25, 0.3) is 0 Å². The van der Waals surface area contributed by atoms with Crippen molar-refractivity contribution in [3.05, 3.63) is 75.8 Å². The van der Waals surface area contributed by atoms with Crippen LogP contribution in [0.1, 0.15) is 43.2 Å². The van der Waals surface area contributed by atoms with Crippen molar-refractivity contribution in [2.45, 2.75) is 43.6 Å². The third kappa shape index (κ3) is 3.22. The number of carbonyl (C=O) groups excluding carboxylic acids is 1. The van der Waals surface area contributed by atoms with Crippen LogP contribution in [-0.4, -0.2) is 17.8 Å². The number of benzene rings is 2. The summed E-state index contributed by atoms with van der Waals surface area (Å²) in [6.45, 7) is 6.41. The summed E-state index contributed by atoms with van der Waals surface area (Å²) in [7, 11) is 0. The number of amidine groups is 1. The van der Waals surface area contributed by atoms with Gasteiger partial charge >= 0.3 is 0 Å². The van der Waals surface area contributed by atoms with E-state index in [4.69, 9.17) is 34.0 Å². The number of nitrogens with zero attached hydrogens (tertiary/aromatic N) is 1. The molecular formula is C23H24Cl2N4O. The topological polar surface area (TPSA) is 79.5 Å². The maximum Gasteiger partial charge on any atom is 0.238 e. The van der Waals surface area contributed by atoms with Crippen LogP contribution in [0.15, 0.2) is 59.6 Å². The standard InChI is InChI=1S/C23H24Cl2N4O/c1-3-5-13(2)21-23(17-9-8-16(25)11-19(17)27-22(23)30)18(12-20(28-21)29-26)14-6-4-7-15(24)10-14/h4,6-11,18,21H,2-3,5,12,26H2,1H3,(H,27,30)(H,28,29)/t18-,21+,23-/m0/s1. The van der Waals surface area contributed by atoms with Gasteiger partial charge < -0.3 is 10.7 Å². The molecule has 0 bridgehead atoms. The zero-order valence-electron chi connectivity index (χ0n) is 16.7. The molecule has 0 unspecified atom stereocenters. The Balaban J connectivity index is 2.01. The number of amides is 1. The van der Waals surface area contributed by atoms with Crippen LogP contribution in [0, 0.1) is 0 Å². The number of hydrogen-bond acceptors (Lipinski definition) is 4. The van der Waals surface area contributed by atoms with Crippen molar-refractivity contribution >= 4 is 40.6 Å². The van der Waals surface area contributed by atoms with E-state index < -0.39 is 11.5 Å². The van der Waals surface area contributed by atoms with E-state index >= 15 is 0 Å². The van der Waals surface area contributed by atoms with Crippen LogP contribution in [0.2, 0.25) is 10.0 Å². The van der Waals surface area contributed by atoms with Crippen molar-refractivity contribution < 1.29 is 4.79 Å². The van der Waals surface area contributed by atoms with Gasteiger partial charge in [-0.05, 0) is 41.8 Å². The van der Waals surface area contributed by atoms with E-state index in [9.17, 15) is 4.79 Å². The van der Waals surface area contributed by atoms with Gasteiger partial charge in [-0.3, -0.25) is 9.79 Å². The van der Waals surface area contributed by atoms with Gasteiger partial charge in [-0.2, -0.15) is 0 Å². The second kappa shape index (κ2) is 8.06. The van der Waals surface area contributed by atoms with E-state index in [1.54, 1.807) is 6.07 Å². The van der Waals surface area contributed by atoms with Crippen LogP contribution in [0.25, 0.3) is 0 Å². The third-order valence-corrected chi connectivity index (χ3v) is 6.56. The molecule has 0 aliphatic carbocycles. The van der Waals surface area contributed by atoms with E-state index in [2.05, 4.69) is 24.2 Å². The normalized spacial score (nSPS) is 24.9. The first kappa shape index (κ1) is 20.9. The molecule has 1 spiro atoms. The Morgan fingerprint density at radius 2 is 2.07 bits per heavy atom. The molecule has 2 aromatic carbocycles. The van der Waals surface area contributed by atoms with Gasteiger partial charge in [0.15, 0.2) is 0 Å². The van der Waals surface area contributed by atoms with Crippen LogP contribution in [-0.2, 0) is 10.2 Å². The molecule has 4 rings (SSSR count). The molecule has 7 heteroatoms. The van der Waals surface area contributed by atoms with E-state index in [1.807, 2.05) is 36.4 Å². The van der Waals surface area contributed by atoms with Gasteiger partial charge in [-0.1, -0.05) is 66.9 Å². The average Bonchev–Trinajstić information content (AvgIpc) is 3.00. The van der Waals surface area contributed by atoms with Crippen molar-refractivity contribution in [3.8, 4) is 0 Å². The first-order valence-corrected chi connectivity index (χ1v) is 10.7. The summed E-state index contributed by atoms with van der Waals surface area (Å²) >= 11 is 12.6. The highest BCUT2D eigenvalue weighted by Gasteiger charge is 2.60. The summed E-state index contributed by atoms with van der Waals surface area (Å²) in [5.74, 6) is 6.09. The number of anilines is 1. The molecule has 3 atom stereocenters. The van der Waals surface area contributed by atoms with Crippen LogP contribution >= 0.6 is 23.2 Å². The maximum atomic E-state index is 13.8. The van der Waals surface area contributed by atoms with Crippen LogP contribution in [0.4, 0.5) is 5.69 Å². The molecule has 2 aliphatic heterocycles. The van der Waals surface area contributed by atoms with Gasteiger partial charge in [0.2, 0.25) is 5.91 Å². The van der Waals surface area contributed by atoms with Crippen molar-refractivity contribution in [2.75, 3.05) is 5.32 Å². The Hall–Kier alpha value is -2.34. The fourth-order valence-electron chi connectivity index (χ4n) is 4.87. The number of carbonyl (C=O) groups is 1. The molecule has 0 fully saturated rings. The monoisotopic (exact) mass is 442 g/mol. The Morgan fingerprint density at radius 3 is 2.77 bits per heavy atom. The molecule has 1 amide bonds. The van der Waals surface area contributed by atoms with Crippen LogP contribution < -0.4 is 16.6 Å². The second-order valence-corrected chi connectivity index (χ2v) is 8.73. The highest BCUT2D eigenvalue weighted by molar-refractivity contribution is 6.31. The molecule has 5 nitrogen and oxygen atoms in total. The SMILES string of the molecule is C=C(CCC)[C@H]1N=C(NN)C[C@@H](c2cccc(Cl)c2)[C@]12C(=O)Nc1cc(Cl)ccc12. The lowest BCUT2D eigenvalue weighted by molar-refractivity contribution is -0.122. The Labute approximate surface area is 186 Å². The first-order valence-electron chi connectivity index (χ1n) is 9.99. The smallest absolute Gasteiger partial charge is 0.238 e. The van der Waals surface area contributed by atoms with Crippen LogP contribution in [0.3, 0.4) is 0 Å². The van der Waals surface area contributed by atoms with Gasteiger partial charge in [0.05, 0.1) is 6.04 Å². The Morgan fingerprint density at radius 1 is 1.30 bits per heavy atom. The molecule has 156 valence electrons. The molecule has 4 N–H and O–H groups in total. The minimum atomic E-state index is -0.961. The van der Waals surface area contributed by atoms with Gasteiger partial charge in [0, 0.05) is 28.1 Å². The lowest BCUT2D eigenvalue weighted by atomic mass is 9.59. The number of nitrogens with two attached hydrogens (primary N) is 1. The summed E-state index contributed by atoms with van der Waals surface area (Å²) in [5.41, 5.74) is 5.21. The summed E-state index contributed by atoms with van der Waals surface area (Å²) in [6.07, 6.45) is 2.14. The molecule has 2 heterocycles. The van der Waals surface area contributed by atoms with Crippen molar-refractivity contribution in [1.29, 1.82) is 0 Å². The number of hydrogen-bond donors (Lipinski definition) is 3. The maximum absolute atomic E-state index is 13.8. The lowest BCUT2D eigenvalue weighted by Crippen LogP contribution is -2.55. The number of halogens is 2. The lowest BCUT2D eigenvalue weighted by Gasteiger charge is -2.45. The molecule has 0 radical (unpaired) electrons. The molecule has 0 saturated carbocycles. The summed E-state index contributed by atoms with van der Waals surface area (Å²) in [6, 6.07) is 12.7. The highest BCUT2D eigenvalue weighted by atomic mass is 35.5. The fourth-order valence-corrected chi connectivity index (χ4v) is 5.24. The Bertz CT molecular complexity index is 1050. The number of rotatable bonds is 4. The summed E-state index contributed by atoms with van der Waals surface area (Å²) in [5, 5.41) is 4.24. The zero-order chi connectivity index (χ0) is 21.5. The molecule has 0 saturated heterocycles. The number of fused-ring (bicyclic) bond motifs is 2. The van der Waals surface area contributed by atoms with Gasteiger partial charge in [0.1, 0.15) is 11.3 Å². The minimum Gasteiger partial charge on any atom is -0.325 e. The molecule has 2 aromatic rings. The first-order chi connectivity index (χ1) is 14.4. The summed E-state index contributed by atoms with van der Waals surface area (Å²) < 4.78 is 0. The van der Waals surface area contributed by atoms with E-state index in [-0.39, 0.29) is 11.8 Å². The van der Waals surface area contributed by atoms with Crippen molar-refractivity contribution in [3.63, 3.8) is 0 Å². The fraction of sp³-hybridized carbons (Fsp3) is 0.304. The second-order valence-electron chi connectivity index (χ2n) is 7.86. The molecule has 0 aromatic heterocycles. The quantitative estimate of drug-likeness (QED) is 0.355. The minimum absolute atomic E-state index is 0.105. The highest BCUT2D eigenvalue weighted by Crippen LogP contribution is 2.55. The zero-order valence-corrected chi connectivity index (χ0v) is 18.2. The van der Waals surface area contributed by atoms with Gasteiger partial charge in [-0.15, -0.1) is 0 Å².